The number of phenols is 1. The predicted octanol–water partition coefficient (Wildman–Crippen LogP) is -0.594. The maximum Gasteiger partial charge on any atom is 0.243 e. The number of anilines is 1. The smallest absolute Gasteiger partial charge is 0.243 e. The van der Waals surface area contributed by atoms with Crippen molar-refractivity contribution in [2.24, 2.45) is 5.73 Å². The number of amides is 2. The summed E-state index contributed by atoms with van der Waals surface area (Å²) in [7, 11) is 0. The molecule has 1 aromatic rings. The van der Waals surface area contributed by atoms with E-state index in [0.29, 0.717) is 5.69 Å². The van der Waals surface area contributed by atoms with Crippen LogP contribution < -0.4 is 16.4 Å². The maximum absolute atomic E-state index is 11.3. The molecule has 0 saturated heterocycles. The molecule has 0 saturated carbocycles. The second-order valence-corrected chi connectivity index (χ2v) is 3.05. The van der Waals surface area contributed by atoms with Crippen LogP contribution in [-0.2, 0) is 9.59 Å². The van der Waals surface area contributed by atoms with Crippen molar-refractivity contribution >= 4 is 17.5 Å². The molecule has 6 nitrogen and oxygen atoms in total. The molecule has 0 aliphatic heterocycles. The predicted molar refractivity (Wildman–Crippen MR) is 58.8 cm³/mol. The standard InChI is InChI=1S/C10H13N3O3/c11-5-9(15)12-6-10(16)13-7-3-1-2-4-8(7)14/h1-4,14H,5-6,11H2,(H,12,15)(H,13,16). The largest absolute Gasteiger partial charge is 0.506 e. The molecule has 2 amide bonds. The van der Waals surface area contributed by atoms with Gasteiger partial charge in [-0.25, -0.2) is 0 Å². The first-order valence-electron chi connectivity index (χ1n) is 4.68. The van der Waals surface area contributed by atoms with Gasteiger partial charge in [0.2, 0.25) is 11.8 Å². The van der Waals surface area contributed by atoms with Gasteiger partial charge in [0.15, 0.2) is 0 Å². The number of nitrogens with two attached hydrogens (primary N) is 1. The topological polar surface area (TPSA) is 104 Å². The molecule has 0 heterocycles. The minimum atomic E-state index is -0.427. The van der Waals surface area contributed by atoms with Crippen LogP contribution >= 0.6 is 0 Å². The van der Waals surface area contributed by atoms with E-state index < -0.39 is 11.8 Å². The highest BCUT2D eigenvalue weighted by atomic mass is 16.3. The molecule has 0 spiro atoms. The molecule has 0 aliphatic rings. The number of carbonyl (C=O) groups is 2. The number of nitrogens with one attached hydrogen (secondary N) is 2. The SMILES string of the molecule is NCC(=O)NCC(=O)Nc1ccccc1O. The number of rotatable bonds is 4. The molecule has 1 rings (SSSR count). The lowest BCUT2D eigenvalue weighted by molar-refractivity contribution is -0.123. The minimum Gasteiger partial charge on any atom is -0.506 e. The molecule has 0 bridgehead atoms. The summed E-state index contributed by atoms with van der Waals surface area (Å²) in [5.41, 5.74) is 5.35. The van der Waals surface area contributed by atoms with Gasteiger partial charge in [0.05, 0.1) is 18.8 Å². The Morgan fingerprint density at radius 2 is 1.94 bits per heavy atom. The quantitative estimate of drug-likeness (QED) is 0.512. The molecule has 0 fully saturated rings. The zero-order valence-electron chi connectivity index (χ0n) is 8.56. The average Bonchev–Trinajstić information content (AvgIpc) is 2.29. The Kier molecular flexibility index (Phi) is 4.28. The fraction of sp³-hybridized carbons (Fsp3) is 0.200. The lowest BCUT2D eigenvalue weighted by atomic mass is 10.3. The summed E-state index contributed by atoms with van der Waals surface area (Å²) in [6.07, 6.45) is 0. The Hall–Kier alpha value is -2.08. The Morgan fingerprint density at radius 1 is 1.25 bits per heavy atom. The summed E-state index contributed by atoms with van der Waals surface area (Å²) < 4.78 is 0. The Morgan fingerprint density at radius 3 is 2.56 bits per heavy atom. The third-order valence-electron chi connectivity index (χ3n) is 1.81. The van der Waals surface area contributed by atoms with Gasteiger partial charge in [-0.2, -0.15) is 0 Å². The normalized spacial score (nSPS) is 9.56. The van der Waals surface area contributed by atoms with Crippen LogP contribution in [0.25, 0.3) is 0 Å². The third kappa shape index (κ3) is 3.58. The first-order chi connectivity index (χ1) is 7.63. The van der Waals surface area contributed by atoms with Crippen molar-refractivity contribution in [1.29, 1.82) is 0 Å². The summed E-state index contributed by atoms with van der Waals surface area (Å²) in [6, 6.07) is 6.32. The van der Waals surface area contributed by atoms with Crippen molar-refractivity contribution in [2.45, 2.75) is 0 Å². The van der Waals surface area contributed by atoms with E-state index in [1.54, 1.807) is 18.2 Å². The van der Waals surface area contributed by atoms with E-state index in [-0.39, 0.29) is 18.8 Å². The molecule has 0 aliphatic carbocycles. The van der Waals surface area contributed by atoms with Crippen molar-refractivity contribution < 1.29 is 14.7 Å². The molecule has 0 aromatic heterocycles. The van der Waals surface area contributed by atoms with Crippen LogP contribution in [0.3, 0.4) is 0 Å². The van der Waals surface area contributed by atoms with E-state index in [1.165, 1.54) is 6.07 Å². The van der Waals surface area contributed by atoms with Crippen molar-refractivity contribution in [1.82, 2.24) is 5.32 Å². The number of hydrogen-bond acceptors (Lipinski definition) is 4. The van der Waals surface area contributed by atoms with Gasteiger partial charge in [0.1, 0.15) is 5.75 Å². The summed E-state index contributed by atoms with van der Waals surface area (Å²) in [6.45, 7) is -0.339. The van der Waals surface area contributed by atoms with Crippen LogP contribution in [0.4, 0.5) is 5.69 Å². The molecule has 0 unspecified atom stereocenters. The molecule has 16 heavy (non-hydrogen) atoms. The third-order valence-corrected chi connectivity index (χ3v) is 1.81. The lowest BCUT2D eigenvalue weighted by Gasteiger charge is -2.07. The van der Waals surface area contributed by atoms with Crippen LogP contribution in [-0.4, -0.2) is 30.0 Å². The number of carbonyl (C=O) groups excluding carboxylic acids is 2. The van der Waals surface area contributed by atoms with Gasteiger partial charge in [-0.05, 0) is 12.1 Å². The van der Waals surface area contributed by atoms with Gasteiger partial charge in [-0.1, -0.05) is 12.1 Å². The second-order valence-electron chi connectivity index (χ2n) is 3.05. The second kappa shape index (κ2) is 5.72. The van der Waals surface area contributed by atoms with E-state index in [1.807, 2.05) is 0 Å². The Balaban J connectivity index is 2.46. The van der Waals surface area contributed by atoms with Gasteiger partial charge in [0.25, 0.3) is 0 Å². The van der Waals surface area contributed by atoms with Gasteiger partial charge in [-0.3, -0.25) is 9.59 Å². The number of benzene rings is 1. The number of hydrogen-bond donors (Lipinski definition) is 4. The highest BCUT2D eigenvalue weighted by Gasteiger charge is 2.06. The first kappa shape index (κ1) is 12.0. The number of aromatic hydroxyl groups is 1. The van der Waals surface area contributed by atoms with Crippen molar-refractivity contribution in [3.05, 3.63) is 24.3 Å². The van der Waals surface area contributed by atoms with Gasteiger partial charge < -0.3 is 21.5 Å². The zero-order valence-corrected chi connectivity index (χ0v) is 8.56. The van der Waals surface area contributed by atoms with Crippen molar-refractivity contribution in [2.75, 3.05) is 18.4 Å². The van der Waals surface area contributed by atoms with E-state index in [9.17, 15) is 14.7 Å². The lowest BCUT2D eigenvalue weighted by Crippen LogP contribution is -2.36. The summed E-state index contributed by atoms with van der Waals surface area (Å²) >= 11 is 0. The molecule has 0 atom stereocenters. The molecular formula is C10H13N3O3. The summed E-state index contributed by atoms with van der Waals surface area (Å²) in [5, 5.41) is 14.1. The van der Waals surface area contributed by atoms with Gasteiger partial charge in [-0.15, -0.1) is 0 Å². The molecule has 5 N–H and O–H groups in total. The van der Waals surface area contributed by atoms with E-state index >= 15 is 0 Å². The highest BCUT2D eigenvalue weighted by Crippen LogP contribution is 2.20. The molecular weight excluding hydrogens is 210 g/mol. The van der Waals surface area contributed by atoms with Gasteiger partial charge >= 0.3 is 0 Å². The van der Waals surface area contributed by atoms with Gasteiger partial charge in [0, 0.05) is 0 Å². The van der Waals surface area contributed by atoms with Crippen LogP contribution in [0.1, 0.15) is 0 Å². The average molecular weight is 223 g/mol. The zero-order chi connectivity index (χ0) is 12.0. The highest BCUT2D eigenvalue weighted by molar-refractivity contribution is 5.95. The van der Waals surface area contributed by atoms with E-state index in [2.05, 4.69) is 10.6 Å². The van der Waals surface area contributed by atoms with E-state index in [0.717, 1.165) is 0 Å². The first-order valence-corrected chi connectivity index (χ1v) is 4.68. The Bertz CT molecular complexity index is 393. The minimum absolute atomic E-state index is 0.0269. The number of phenolic OH excluding ortho intramolecular Hbond substituents is 1. The monoisotopic (exact) mass is 223 g/mol. The summed E-state index contributed by atoms with van der Waals surface area (Å²) in [4.78, 5) is 22.1. The number of para-hydroxylation sites is 2. The Labute approximate surface area is 92.4 Å². The van der Waals surface area contributed by atoms with E-state index in [4.69, 9.17) is 5.73 Å². The fourth-order valence-corrected chi connectivity index (χ4v) is 1.02. The van der Waals surface area contributed by atoms with Crippen LogP contribution in [0.5, 0.6) is 5.75 Å². The van der Waals surface area contributed by atoms with Crippen LogP contribution in [0, 0.1) is 0 Å². The molecule has 86 valence electrons. The van der Waals surface area contributed by atoms with Crippen LogP contribution in [0.15, 0.2) is 24.3 Å². The molecule has 1 aromatic carbocycles. The summed E-state index contributed by atoms with van der Waals surface area (Å²) in [5.74, 6) is -0.864. The molecule has 6 heteroatoms. The fourth-order valence-electron chi connectivity index (χ4n) is 1.02. The van der Waals surface area contributed by atoms with Crippen LogP contribution in [0.2, 0.25) is 0 Å². The molecule has 0 radical (unpaired) electrons. The van der Waals surface area contributed by atoms with Crippen molar-refractivity contribution in [3.8, 4) is 5.75 Å². The maximum atomic E-state index is 11.3. The van der Waals surface area contributed by atoms with Crippen molar-refractivity contribution in [3.63, 3.8) is 0 Å².